The highest BCUT2D eigenvalue weighted by Gasteiger charge is 2.03. The molecule has 1 aromatic carbocycles. The Labute approximate surface area is 129 Å². The smallest absolute Gasteiger partial charge is 0.0805 e. The van der Waals surface area contributed by atoms with Gasteiger partial charge >= 0.3 is 0 Å². The predicted molar refractivity (Wildman–Crippen MR) is 88.7 cm³/mol. The van der Waals surface area contributed by atoms with Gasteiger partial charge in [0.15, 0.2) is 0 Å². The molecule has 2 aromatic heterocycles. The summed E-state index contributed by atoms with van der Waals surface area (Å²) in [4.78, 5) is 5.97. The normalized spacial score (nSPS) is 11.3. The Morgan fingerprint density at radius 3 is 2.90 bits per heavy atom. The highest BCUT2D eigenvalue weighted by molar-refractivity contribution is 7.11. The lowest BCUT2D eigenvalue weighted by molar-refractivity contribution is 0.187. The van der Waals surface area contributed by atoms with Crippen molar-refractivity contribution in [1.82, 2.24) is 10.3 Å². The van der Waals surface area contributed by atoms with Crippen molar-refractivity contribution in [3.8, 4) is 0 Å². The van der Waals surface area contributed by atoms with E-state index in [1.165, 1.54) is 26.2 Å². The van der Waals surface area contributed by atoms with Gasteiger partial charge in [-0.15, -0.1) is 11.3 Å². The molecule has 21 heavy (non-hydrogen) atoms. The van der Waals surface area contributed by atoms with Gasteiger partial charge in [-0.3, -0.25) is 0 Å². The molecule has 110 valence electrons. The SMILES string of the molecule is COCc1ccc(CNCCc2c[nH]c3ccccc23)s1. The number of aromatic amines is 1. The van der Waals surface area contributed by atoms with Crippen LogP contribution in [-0.4, -0.2) is 18.6 Å². The van der Waals surface area contributed by atoms with Gasteiger partial charge in [-0.05, 0) is 36.7 Å². The molecule has 3 rings (SSSR count). The first-order valence-electron chi connectivity index (χ1n) is 7.19. The van der Waals surface area contributed by atoms with Gasteiger partial charge in [0.05, 0.1) is 6.61 Å². The molecule has 0 radical (unpaired) electrons. The van der Waals surface area contributed by atoms with E-state index >= 15 is 0 Å². The standard InChI is InChI=1S/C17H20N2OS/c1-20-12-15-7-6-14(21-15)11-18-9-8-13-10-19-17-5-3-2-4-16(13)17/h2-7,10,18-19H,8-9,11-12H2,1H3. The second-order valence-electron chi connectivity index (χ2n) is 5.09. The number of para-hydroxylation sites is 1. The molecule has 0 aliphatic rings. The lowest BCUT2D eigenvalue weighted by Crippen LogP contribution is -2.15. The van der Waals surface area contributed by atoms with Crippen molar-refractivity contribution in [2.45, 2.75) is 19.6 Å². The van der Waals surface area contributed by atoms with E-state index in [1.807, 2.05) is 11.3 Å². The van der Waals surface area contributed by atoms with Gasteiger partial charge in [0.25, 0.3) is 0 Å². The van der Waals surface area contributed by atoms with Crippen LogP contribution in [0.15, 0.2) is 42.6 Å². The van der Waals surface area contributed by atoms with Gasteiger partial charge in [0.2, 0.25) is 0 Å². The number of rotatable bonds is 7. The maximum atomic E-state index is 5.14. The zero-order valence-electron chi connectivity index (χ0n) is 12.2. The minimum atomic E-state index is 0.708. The van der Waals surface area contributed by atoms with Gasteiger partial charge < -0.3 is 15.0 Å². The minimum absolute atomic E-state index is 0.708. The molecular weight excluding hydrogens is 280 g/mol. The molecular formula is C17H20N2OS. The number of nitrogens with one attached hydrogen (secondary N) is 2. The first-order chi connectivity index (χ1) is 10.4. The molecule has 0 amide bonds. The summed E-state index contributed by atoms with van der Waals surface area (Å²) < 4.78 is 5.14. The van der Waals surface area contributed by atoms with Crippen LogP contribution in [0.4, 0.5) is 0 Å². The molecule has 3 nitrogen and oxygen atoms in total. The highest BCUT2D eigenvalue weighted by Crippen LogP contribution is 2.18. The average molecular weight is 300 g/mol. The summed E-state index contributed by atoms with van der Waals surface area (Å²) in [6.07, 6.45) is 3.16. The summed E-state index contributed by atoms with van der Waals surface area (Å²) in [5.74, 6) is 0. The minimum Gasteiger partial charge on any atom is -0.379 e. The van der Waals surface area contributed by atoms with Gasteiger partial charge in [-0.1, -0.05) is 18.2 Å². The first-order valence-corrected chi connectivity index (χ1v) is 8.00. The third kappa shape index (κ3) is 3.53. The lowest BCUT2D eigenvalue weighted by Gasteiger charge is -2.02. The summed E-state index contributed by atoms with van der Waals surface area (Å²) in [5.41, 5.74) is 2.60. The zero-order chi connectivity index (χ0) is 14.5. The number of thiophene rings is 1. The van der Waals surface area contributed by atoms with Crippen molar-refractivity contribution in [3.05, 3.63) is 57.9 Å². The topological polar surface area (TPSA) is 37.0 Å². The first kappa shape index (κ1) is 14.3. The predicted octanol–water partition coefficient (Wildman–Crippen LogP) is 3.71. The molecule has 0 spiro atoms. The van der Waals surface area contributed by atoms with Gasteiger partial charge in [0, 0.05) is 40.5 Å². The van der Waals surface area contributed by atoms with E-state index < -0.39 is 0 Å². The molecule has 0 aliphatic carbocycles. The van der Waals surface area contributed by atoms with Crippen molar-refractivity contribution in [2.24, 2.45) is 0 Å². The molecule has 3 aromatic rings. The van der Waals surface area contributed by atoms with E-state index in [1.54, 1.807) is 7.11 Å². The van der Waals surface area contributed by atoms with Crippen LogP contribution in [-0.2, 0) is 24.3 Å². The Balaban J connectivity index is 1.49. The van der Waals surface area contributed by atoms with E-state index in [9.17, 15) is 0 Å². The Morgan fingerprint density at radius 1 is 1.14 bits per heavy atom. The van der Waals surface area contributed by atoms with Gasteiger partial charge in [0.1, 0.15) is 0 Å². The van der Waals surface area contributed by atoms with Crippen LogP contribution in [0.2, 0.25) is 0 Å². The van der Waals surface area contributed by atoms with E-state index in [2.05, 4.69) is 52.9 Å². The number of aromatic nitrogens is 1. The highest BCUT2D eigenvalue weighted by atomic mass is 32.1. The fraction of sp³-hybridized carbons (Fsp3) is 0.294. The lowest BCUT2D eigenvalue weighted by atomic mass is 10.1. The third-order valence-electron chi connectivity index (χ3n) is 3.55. The number of fused-ring (bicyclic) bond motifs is 1. The van der Waals surface area contributed by atoms with Gasteiger partial charge in [-0.25, -0.2) is 0 Å². The average Bonchev–Trinajstić information content (AvgIpc) is 3.11. The van der Waals surface area contributed by atoms with E-state index in [0.29, 0.717) is 6.61 Å². The van der Waals surface area contributed by atoms with Crippen molar-refractivity contribution in [2.75, 3.05) is 13.7 Å². The van der Waals surface area contributed by atoms with Crippen LogP contribution in [0.5, 0.6) is 0 Å². The number of methoxy groups -OCH3 is 1. The molecule has 4 heteroatoms. The molecule has 0 bridgehead atoms. The van der Waals surface area contributed by atoms with E-state index in [0.717, 1.165) is 19.5 Å². The number of H-pyrrole nitrogens is 1. The molecule has 2 heterocycles. The van der Waals surface area contributed by atoms with Crippen LogP contribution in [0.1, 0.15) is 15.3 Å². The van der Waals surface area contributed by atoms with Crippen LogP contribution in [0.25, 0.3) is 10.9 Å². The van der Waals surface area contributed by atoms with Crippen molar-refractivity contribution in [3.63, 3.8) is 0 Å². The summed E-state index contributed by atoms with van der Waals surface area (Å²) in [6, 6.07) is 12.8. The van der Waals surface area contributed by atoms with Gasteiger partial charge in [-0.2, -0.15) is 0 Å². The van der Waals surface area contributed by atoms with Crippen molar-refractivity contribution in [1.29, 1.82) is 0 Å². The van der Waals surface area contributed by atoms with Crippen LogP contribution in [0.3, 0.4) is 0 Å². The molecule has 0 atom stereocenters. The van der Waals surface area contributed by atoms with Crippen LogP contribution in [0, 0.1) is 0 Å². The van der Waals surface area contributed by atoms with Crippen molar-refractivity contribution >= 4 is 22.2 Å². The quantitative estimate of drug-likeness (QED) is 0.653. The van der Waals surface area contributed by atoms with E-state index in [-0.39, 0.29) is 0 Å². The van der Waals surface area contributed by atoms with E-state index in [4.69, 9.17) is 4.74 Å². The van der Waals surface area contributed by atoms with Crippen molar-refractivity contribution < 1.29 is 4.74 Å². The monoisotopic (exact) mass is 300 g/mol. The molecule has 0 unspecified atom stereocenters. The summed E-state index contributed by atoms with van der Waals surface area (Å²) in [6.45, 7) is 2.62. The Bertz CT molecular complexity index is 701. The molecule has 2 N–H and O–H groups in total. The third-order valence-corrected chi connectivity index (χ3v) is 4.61. The Kier molecular flexibility index (Phi) is 4.70. The fourth-order valence-electron chi connectivity index (χ4n) is 2.51. The summed E-state index contributed by atoms with van der Waals surface area (Å²) in [7, 11) is 1.73. The summed E-state index contributed by atoms with van der Waals surface area (Å²) in [5, 5.41) is 4.85. The number of hydrogen-bond acceptors (Lipinski definition) is 3. The number of benzene rings is 1. The fourth-order valence-corrected chi connectivity index (χ4v) is 3.47. The second kappa shape index (κ2) is 6.89. The molecule has 0 fully saturated rings. The number of ether oxygens (including phenoxy) is 1. The van der Waals surface area contributed by atoms with Crippen LogP contribution < -0.4 is 5.32 Å². The van der Waals surface area contributed by atoms with Crippen LogP contribution >= 0.6 is 11.3 Å². The Morgan fingerprint density at radius 2 is 2.00 bits per heavy atom. The molecule has 0 aliphatic heterocycles. The Hall–Kier alpha value is -1.62. The largest absolute Gasteiger partial charge is 0.379 e. The zero-order valence-corrected chi connectivity index (χ0v) is 13.0. The second-order valence-corrected chi connectivity index (χ2v) is 6.34. The maximum absolute atomic E-state index is 5.14. The molecule has 0 saturated heterocycles. The number of hydrogen-bond donors (Lipinski definition) is 2. The molecule has 0 saturated carbocycles. The maximum Gasteiger partial charge on any atom is 0.0805 e. The summed E-state index contributed by atoms with van der Waals surface area (Å²) >= 11 is 1.81.